The highest BCUT2D eigenvalue weighted by Crippen LogP contribution is 2.18. The van der Waals surface area contributed by atoms with Crippen LogP contribution in [0.1, 0.15) is 19.4 Å². The molecule has 1 amide bonds. The standard InChI is InChI=1S/C14H15N5O2/c1-10(2)9-21-14(20)18-13-11(7-15)8-17-19(13)12-5-3-4-6-16-12/h3-6,8,10H,9H2,1-2H3,(H,18,20). The molecule has 0 saturated heterocycles. The Balaban J connectivity index is 2.24. The summed E-state index contributed by atoms with van der Waals surface area (Å²) in [4.78, 5) is 15.9. The van der Waals surface area contributed by atoms with Crippen LogP contribution < -0.4 is 5.32 Å². The molecule has 0 aliphatic heterocycles. The van der Waals surface area contributed by atoms with Crippen LogP contribution in [-0.4, -0.2) is 27.5 Å². The first-order valence-electron chi connectivity index (χ1n) is 6.45. The molecule has 0 aliphatic rings. The Morgan fingerprint density at radius 3 is 2.95 bits per heavy atom. The second kappa shape index (κ2) is 6.52. The Kier molecular flexibility index (Phi) is 4.51. The molecule has 0 saturated carbocycles. The van der Waals surface area contributed by atoms with Gasteiger partial charge >= 0.3 is 6.09 Å². The highest BCUT2D eigenvalue weighted by atomic mass is 16.5. The number of hydrogen-bond donors (Lipinski definition) is 1. The van der Waals surface area contributed by atoms with E-state index in [-0.39, 0.29) is 17.3 Å². The first-order chi connectivity index (χ1) is 10.1. The molecule has 2 rings (SSSR count). The van der Waals surface area contributed by atoms with Crippen molar-refractivity contribution in [3.63, 3.8) is 0 Å². The molecular formula is C14H15N5O2. The van der Waals surface area contributed by atoms with Gasteiger partial charge in [0, 0.05) is 6.20 Å². The van der Waals surface area contributed by atoms with Crippen molar-refractivity contribution in [3.05, 3.63) is 36.2 Å². The van der Waals surface area contributed by atoms with Gasteiger partial charge in [0.15, 0.2) is 11.6 Å². The van der Waals surface area contributed by atoms with Crippen LogP contribution in [0.15, 0.2) is 30.6 Å². The van der Waals surface area contributed by atoms with Crippen LogP contribution in [-0.2, 0) is 4.74 Å². The zero-order chi connectivity index (χ0) is 15.2. The number of hydrogen-bond acceptors (Lipinski definition) is 5. The molecule has 0 radical (unpaired) electrons. The molecule has 7 nitrogen and oxygen atoms in total. The molecule has 0 aromatic carbocycles. The van der Waals surface area contributed by atoms with Crippen LogP contribution in [0, 0.1) is 17.2 Å². The predicted molar refractivity (Wildman–Crippen MR) is 75.9 cm³/mol. The van der Waals surface area contributed by atoms with E-state index in [0.717, 1.165) is 0 Å². The summed E-state index contributed by atoms with van der Waals surface area (Å²) in [6.07, 6.45) is 2.34. The van der Waals surface area contributed by atoms with Crippen molar-refractivity contribution in [3.8, 4) is 11.9 Å². The fourth-order valence-electron chi connectivity index (χ4n) is 1.58. The average Bonchev–Trinajstić information content (AvgIpc) is 2.88. The fourth-order valence-corrected chi connectivity index (χ4v) is 1.58. The maximum absolute atomic E-state index is 11.8. The van der Waals surface area contributed by atoms with E-state index < -0.39 is 6.09 Å². The highest BCUT2D eigenvalue weighted by Gasteiger charge is 2.16. The summed E-state index contributed by atoms with van der Waals surface area (Å²) in [6.45, 7) is 4.17. The third kappa shape index (κ3) is 3.57. The van der Waals surface area contributed by atoms with Crippen molar-refractivity contribution in [2.75, 3.05) is 11.9 Å². The lowest BCUT2D eigenvalue weighted by molar-refractivity contribution is 0.147. The molecule has 0 unspecified atom stereocenters. The molecule has 0 aliphatic carbocycles. The van der Waals surface area contributed by atoms with Crippen molar-refractivity contribution >= 4 is 11.9 Å². The van der Waals surface area contributed by atoms with Crippen LogP contribution >= 0.6 is 0 Å². The molecule has 108 valence electrons. The van der Waals surface area contributed by atoms with Gasteiger partial charge in [0.05, 0.1) is 12.8 Å². The summed E-state index contributed by atoms with van der Waals surface area (Å²) >= 11 is 0. The summed E-state index contributed by atoms with van der Waals surface area (Å²) in [7, 11) is 0. The lowest BCUT2D eigenvalue weighted by Crippen LogP contribution is -2.19. The Bertz CT molecular complexity index is 658. The van der Waals surface area contributed by atoms with Crippen LogP contribution in [0.5, 0.6) is 0 Å². The Morgan fingerprint density at radius 1 is 1.52 bits per heavy atom. The van der Waals surface area contributed by atoms with Gasteiger partial charge in [-0.15, -0.1) is 0 Å². The maximum Gasteiger partial charge on any atom is 0.412 e. The second-order valence-corrected chi connectivity index (χ2v) is 4.74. The van der Waals surface area contributed by atoms with Gasteiger partial charge in [0.25, 0.3) is 0 Å². The lowest BCUT2D eigenvalue weighted by atomic mass is 10.2. The molecule has 0 bridgehead atoms. The smallest absolute Gasteiger partial charge is 0.412 e. The zero-order valence-corrected chi connectivity index (χ0v) is 11.8. The van der Waals surface area contributed by atoms with Gasteiger partial charge in [-0.05, 0) is 18.1 Å². The number of ether oxygens (including phenoxy) is 1. The number of carbonyl (C=O) groups is 1. The highest BCUT2D eigenvalue weighted by molar-refractivity contribution is 5.85. The van der Waals surface area contributed by atoms with Crippen molar-refractivity contribution in [2.45, 2.75) is 13.8 Å². The molecule has 0 atom stereocenters. The maximum atomic E-state index is 11.8. The summed E-state index contributed by atoms with van der Waals surface area (Å²) in [5.41, 5.74) is 0.238. The minimum atomic E-state index is -0.627. The number of aromatic nitrogens is 3. The normalized spacial score (nSPS) is 10.2. The van der Waals surface area contributed by atoms with Gasteiger partial charge in [-0.25, -0.2) is 9.78 Å². The summed E-state index contributed by atoms with van der Waals surface area (Å²) in [5.74, 6) is 0.968. The zero-order valence-electron chi connectivity index (χ0n) is 11.8. The van der Waals surface area contributed by atoms with E-state index in [0.29, 0.717) is 12.4 Å². The molecule has 21 heavy (non-hydrogen) atoms. The van der Waals surface area contributed by atoms with Gasteiger partial charge in [-0.2, -0.15) is 15.0 Å². The first kappa shape index (κ1) is 14.5. The monoisotopic (exact) mass is 285 g/mol. The van der Waals surface area contributed by atoms with Crippen LogP contribution in [0.4, 0.5) is 10.6 Å². The number of nitriles is 1. The number of anilines is 1. The Hall–Kier alpha value is -2.88. The van der Waals surface area contributed by atoms with E-state index in [4.69, 9.17) is 10.00 Å². The lowest BCUT2D eigenvalue weighted by Gasteiger charge is -2.10. The number of carbonyl (C=O) groups excluding carboxylic acids is 1. The minimum absolute atomic E-state index is 0.229. The Morgan fingerprint density at radius 2 is 2.33 bits per heavy atom. The molecule has 2 aromatic rings. The van der Waals surface area contributed by atoms with E-state index in [9.17, 15) is 4.79 Å². The second-order valence-electron chi connectivity index (χ2n) is 4.74. The number of amides is 1. The van der Waals surface area contributed by atoms with Crippen molar-refractivity contribution in [1.82, 2.24) is 14.8 Å². The molecule has 0 spiro atoms. The van der Waals surface area contributed by atoms with E-state index in [1.165, 1.54) is 10.9 Å². The minimum Gasteiger partial charge on any atom is -0.449 e. The topological polar surface area (TPSA) is 92.8 Å². The average molecular weight is 285 g/mol. The van der Waals surface area contributed by atoms with Crippen molar-refractivity contribution < 1.29 is 9.53 Å². The SMILES string of the molecule is CC(C)COC(=O)Nc1c(C#N)cnn1-c1ccccn1. The van der Waals surface area contributed by atoms with Gasteiger partial charge in [-0.1, -0.05) is 19.9 Å². The van der Waals surface area contributed by atoms with E-state index in [2.05, 4.69) is 15.4 Å². The molecule has 2 heterocycles. The number of rotatable bonds is 4. The number of nitrogens with one attached hydrogen (secondary N) is 1. The van der Waals surface area contributed by atoms with Gasteiger partial charge in [0.1, 0.15) is 11.6 Å². The summed E-state index contributed by atoms with van der Waals surface area (Å²) in [5, 5.41) is 15.7. The predicted octanol–water partition coefficient (Wildman–Crippen LogP) is 2.34. The van der Waals surface area contributed by atoms with Crippen LogP contribution in [0.2, 0.25) is 0 Å². The van der Waals surface area contributed by atoms with Gasteiger partial charge < -0.3 is 4.74 Å². The Labute approximate surface area is 122 Å². The molecule has 7 heteroatoms. The van der Waals surface area contributed by atoms with Crippen molar-refractivity contribution in [2.24, 2.45) is 5.92 Å². The number of pyridine rings is 1. The molecule has 0 fully saturated rings. The quantitative estimate of drug-likeness (QED) is 0.930. The van der Waals surface area contributed by atoms with Gasteiger partial charge in [0.2, 0.25) is 0 Å². The van der Waals surface area contributed by atoms with E-state index in [1.807, 2.05) is 19.9 Å². The van der Waals surface area contributed by atoms with E-state index >= 15 is 0 Å². The third-order valence-corrected chi connectivity index (χ3v) is 2.52. The first-order valence-corrected chi connectivity index (χ1v) is 6.45. The third-order valence-electron chi connectivity index (χ3n) is 2.52. The molecular weight excluding hydrogens is 270 g/mol. The largest absolute Gasteiger partial charge is 0.449 e. The van der Waals surface area contributed by atoms with Gasteiger partial charge in [-0.3, -0.25) is 5.32 Å². The molecule has 2 aromatic heterocycles. The van der Waals surface area contributed by atoms with Crippen LogP contribution in [0.3, 0.4) is 0 Å². The number of nitrogens with zero attached hydrogens (tertiary/aromatic N) is 4. The summed E-state index contributed by atoms with van der Waals surface area (Å²) < 4.78 is 6.43. The van der Waals surface area contributed by atoms with Crippen molar-refractivity contribution in [1.29, 1.82) is 5.26 Å². The molecule has 1 N–H and O–H groups in total. The van der Waals surface area contributed by atoms with Crippen LogP contribution in [0.25, 0.3) is 5.82 Å². The van der Waals surface area contributed by atoms with E-state index in [1.54, 1.807) is 24.4 Å². The summed E-state index contributed by atoms with van der Waals surface area (Å²) in [6, 6.07) is 7.25. The fraction of sp³-hybridized carbons (Fsp3) is 0.286.